The van der Waals surface area contributed by atoms with Crippen LogP contribution in [0.15, 0.2) is 36.1 Å². The molecule has 1 rings (SSSR count). The van der Waals surface area contributed by atoms with Gasteiger partial charge in [0.1, 0.15) is 0 Å². The first-order valence-corrected chi connectivity index (χ1v) is 3.21. The Balaban J connectivity index is 0.000001000. The molecule has 0 radical (unpaired) electrons. The molecule has 0 saturated carbocycles. The second-order valence-electron chi connectivity index (χ2n) is 2.20. The van der Waals surface area contributed by atoms with Crippen LogP contribution in [-0.4, -0.2) is 5.11 Å². The van der Waals surface area contributed by atoms with Gasteiger partial charge in [-0.25, -0.2) is 0 Å². The van der Waals surface area contributed by atoms with Crippen LogP contribution < -0.4 is 18.9 Å². The molecule has 0 spiro atoms. The second kappa shape index (κ2) is 5.07. The number of aliphatic hydroxyl groups is 1. The zero-order valence-electron chi connectivity index (χ0n) is 6.91. The van der Waals surface area contributed by atoms with Crippen LogP contribution in [0.4, 0.5) is 0 Å². The average Bonchev–Trinajstić information content (AvgIpc) is 1.88. The zero-order valence-corrected chi connectivity index (χ0v) is 6.91. The Labute approximate surface area is 78.9 Å². The molecule has 0 aliphatic rings. The topological polar surface area (TPSA) is 20.2 Å². The summed E-state index contributed by atoms with van der Waals surface area (Å²) >= 11 is 0. The van der Waals surface area contributed by atoms with E-state index < -0.39 is 0 Å². The number of aliphatic hydroxyl groups excluding tert-OH is 1. The molecule has 0 heterocycles. The summed E-state index contributed by atoms with van der Waals surface area (Å²) in [6.45, 7) is 1.66. The fourth-order valence-electron chi connectivity index (χ4n) is 0.790. The Hall–Kier alpha value is -0.643. The van der Waals surface area contributed by atoms with E-state index in [4.69, 9.17) is 5.11 Å². The monoisotopic (exact) mass is 141 g/mol. The molecule has 1 aromatic carbocycles. The summed E-state index contributed by atoms with van der Waals surface area (Å²) < 4.78 is 0. The quantitative estimate of drug-likeness (QED) is 0.417. The molecule has 52 valence electrons. The summed E-state index contributed by atoms with van der Waals surface area (Å²) in [6.07, 6.45) is 1.72. The maximum Gasteiger partial charge on any atom is 1.00 e. The van der Waals surface area contributed by atoms with Crippen LogP contribution in [0.3, 0.4) is 0 Å². The molecule has 0 amide bonds. The molecule has 2 heteroatoms. The van der Waals surface area contributed by atoms with Gasteiger partial charge in [-0.3, -0.25) is 0 Å². The number of allylic oxidation sites excluding steroid dienone is 1. The molecule has 11 heavy (non-hydrogen) atoms. The van der Waals surface area contributed by atoms with E-state index in [1.807, 2.05) is 30.3 Å². The van der Waals surface area contributed by atoms with Crippen molar-refractivity contribution in [3.8, 4) is 0 Å². The van der Waals surface area contributed by atoms with E-state index in [2.05, 4.69) is 0 Å². The van der Waals surface area contributed by atoms with Crippen LogP contribution in [0.25, 0.3) is 6.08 Å². The summed E-state index contributed by atoms with van der Waals surface area (Å²) in [6, 6.07) is 9.72. The normalized spacial score (nSPS) is 10.5. The Morgan fingerprint density at radius 3 is 2.27 bits per heavy atom. The van der Waals surface area contributed by atoms with Crippen molar-refractivity contribution in [2.75, 3.05) is 0 Å². The molecule has 0 aliphatic heterocycles. The molecule has 0 aliphatic carbocycles. The average molecular weight is 141 g/mol. The van der Waals surface area contributed by atoms with Crippen molar-refractivity contribution in [2.24, 2.45) is 0 Å². The van der Waals surface area contributed by atoms with E-state index in [0.29, 0.717) is 5.76 Å². The van der Waals surface area contributed by atoms with Crippen molar-refractivity contribution >= 4 is 6.08 Å². The zero-order chi connectivity index (χ0) is 7.40. The Kier molecular flexibility index (Phi) is 4.77. The minimum Gasteiger partial charge on any atom is -0.513 e. The Morgan fingerprint density at radius 2 is 1.82 bits per heavy atom. The molecule has 0 bridgehead atoms. The summed E-state index contributed by atoms with van der Waals surface area (Å²) in [5.41, 5.74) is 1.03. The van der Waals surface area contributed by atoms with Crippen LogP contribution in [0, 0.1) is 0 Å². The number of rotatable bonds is 1. The van der Waals surface area contributed by atoms with Gasteiger partial charge >= 0.3 is 18.9 Å². The van der Waals surface area contributed by atoms with Gasteiger partial charge in [-0.1, -0.05) is 30.3 Å². The van der Waals surface area contributed by atoms with Crippen molar-refractivity contribution in [3.63, 3.8) is 0 Å². The maximum absolute atomic E-state index is 8.87. The van der Waals surface area contributed by atoms with E-state index in [9.17, 15) is 0 Å². The van der Waals surface area contributed by atoms with Crippen molar-refractivity contribution < 1.29 is 24.0 Å². The van der Waals surface area contributed by atoms with Gasteiger partial charge < -0.3 is 5.11 Å². The van der Waals surface area contributed by atoms with Crippen LogP contribution in [0.1, 0.15) is 12.5 Å². The predicted octanol–water partition coefficient (Wildman–Crippen LogP) is -0.391. The standard InChI is InChI=1S/C9H10O.Li/c1-8(10)7-9-5-3-2-4-6-9;/h2-7,10H,1H3;/q;+1/b8-7-;. The van der Waals surface area contributed by atoms with Gasteiger partial charge in [0.2, 0.25) is 0 Å². The fourth-order valence-corrected chi connectivity index (χ4v) is 0.790. The first-order valence-electron chi connectivity index (χ1n) is 3.21. The SMILES string of the molecule is C/C(O)=C/c1ccccc1.[Li+]. The molecule has 0 atom stereocenters. The number of hydrogen-bond acceptors (Lipinski definition) is 1. The van der Waals surface area contributed by atoms with Crippen LogP contribution >= 0.6 is 0 Å². The smallest absolute Gasteiger partial charge is 0.513 e. The van der Waals surface area contributed by atoms with Gasteiger partial charge in [0, 0.05) is 0 Å². The van der Waals surface area contributed by atoms with Gasteiger partial charge in [-0.05, 0) is 18.6 Å². The van der Waals surface area contributed by atoms with E-state index >= 15 is 0 Å². The van der Waals surface area contributed by atoms with Crippen molar-refractivity contribution in [2.45, 2.75) is 6.92 Å². The molecule has 1 nitrogen and oxygen atoms in total. The van der Waals surface area contributed by atoms with Gasteiger partial charge in [-0.2, -0.15) is 0 Å². The van der Waals surface area contributed by atoms with Crippen molar-refractivity contribution in [1.29, 1.82) is 0 Å². The molecule has 0 saturated heterocycles. The largest absolute Gasteiger partial charge is 1.00 e. The summed E-state index contributed by atoms with van der Waals surface area (Å²) in [5.74, 6) is 0.339. The fraction of sp³-hybridized carbons (Fsp3) is 0.111. The minimum atomic E-state index is 0. The molecule has 0 fully saturated rings. The van der Waals surface area contributed by atoms with Crippen molar-refractivity contribution in [3.05, 3.63) is 41.7 Å². The van der Waals surface area contributed by atoms with Crippen LogP contribution in [-0.2, 0) is 0 Å². The van der Waals surface area contributed by atoms with E-state index in [1.54, 1.807) is 13.0 Å². The molecule has 0 aromatic heterocycles. The second-order valence-corrected chi connectivity index (χ2v) is 2.20. The Morgan fingerprint density at radius 1 is 1.27 bits per heavy atom. The van der Waals surface area contributed by atoms with E-state index in [1.165, 1.54) is 0 Å². The maximum atomic E-state index is 8.87. The van der Waals surface area contributed by atoms with E-state index in [0.717, 1.165) is 5.56 Å². The molecular formula is C9H10LiO+. The van der Waals surface area contributed by atoms with Gasteiger partial charge in [0.25, 0.3) is 0 Å². The summed E-state index contributed by atoms with van der Waals surface area (Å²) in [4.78, 5) is 0. The third-order valence-corrected chi connectivity index (χ3v) is 1.18. The van der Waals surface area contributed by atoms with Gasteiger partial charge in [-0.15, -0.1) is 0 Å². The molecule has 1 N–H and O–H groups in total. The van der Waals surface area contributed by atoms with Crippen LogP contribution in [0.2, 0.25) is 0 Å². The molecule has 0 unspecified atom stereocenters. The molecular weight excluding hydrogens is 131 g/mol. The number of hydrogen-bond donors (Lipinski definition) is 1. The first-order chi connectivity index (χ1) is 4.79. The van der Waals surface area contributed by atoms with Gasteiger partial charge in [0.15, 0.2) is 0 Å². The third kappa shape index (κ3) is 3.93. The van der Waals surface area contributed by atoms with Gasteiger partial charge in [0.05, 0.1) is 5.76 Å². The summed E-state index contributed by atoms with van der Waals surface area (Å²) in [7, 11) is 0. The predicted molar refractivity (Wildman–Crippen MR) is 42.7 cm³/mol. The van der Waals surface area contributed by atoms with Crippen molar-refractivity contribution in [1.82, 2.24) is 0 Å². The van der Waals surface area contributed by atoms with Crippen LogP contribution in [0.5, 0.6) is 0 Å². The Bertz CT molecular complexity index is 225. The molecule has 1 aromatic rings. The third-order valence-electron chi connectivity index (χ3n) is 1.18. The first kappa shape index (κ1) is 10.4. The summed E-state index contributed by atoms with van der Waals surface area (Å²) in [5, 5.41) is 8.87. The van der Waals surface area contributed by atoms with E-state index in [-0.39, 0.29) is 18.9 Å². The number of benzene rings is 1. The minimum absolute atomic E-state index is 0.